The first-order valence-corrected chi connectivity index (χ1v) is 6.63. The van der Waals surface area contributed by atoms with Gasteiger partial charge in [0.1, 0.15) is 0 Å². The number of β-amino-alcohol motifs (C(OH)–C–C–N with tert-alkyl or cyclic N) is 2. The zero-order chi connectivity index (χ0) is 13.8. The highest BCUT2D eigenvalue weighted by molar-refractivity contribution is 5.78. The van der Waals surface area contributed by atoms with Crippen LogP contribution in [-0.2, 0) is 14.3 Å². The van der Waals surface area contributed by atoms with Crippen molar-refractivity contribution in [3.63, 3.8) is 0 Å². The Morgan fingerprint density at radius 1 is 0.947 bits per heavy atom. The average Bonchev–Trinajstić information content (AvgIpc) is 2.90. The summed E-state index contributed by atoms with van der Waals surface area (Å²) in [5.41, 5.74) is 0. The van der Waals surface area contributed by atoms with Gasteiger partial charge in [-0.15, -0.1) is 0 Å². The van der Waals surface area contributed by atoms with Crippen molar-refractivity contribution in [1.29, 1.82) is 0 Å². The van der Waals surface area contributed by atoms with E-state index in [0.717, 1.165) is 12.8 Å². The maximum Gasteiger partial charge on any atom is 0.222 e. The molecular formula is C12H20N2O5. The first kappa shape index (κ1) is 14.2. The number of rotatable bonds is 6. The number of hydrogen-bond donors (Lipinski definition) is 2. The van der Waals surface area contributed by atoms with Gasteiger partial charge in [-0.3, -0.25) is 9.59 Å². The van der Waals surface area contributed by atoms with Crippen molar-refractivity contribution in [3.05, 3.63) is 0 Å². The summed E-state index contributed by atoms with van der Waals surface area (Å²) in [6, 6.07) is 0. The van der Waals surface area contributed by atoms with Gasteiger partial charge in [0.05, 0.1) is 13.1 Å². The SMILES string of the molecule is O=C1CCCN1CC(O)OC(O)CN1CCCC1=O. The minimum atomic E-state index is -1.23. The van der Waals surface area contributed by atoms with E-state index in [9.17, 15) is 19.8 Å². The third-order valence-corrected chi connectivity index (χ3v) is 3.41. The maximum absolute atomic E-state index is 11.4. The molecule has 0 aromatic carbocycles. The lowest BCUT2D eigenvalue weighted by molar-refractivity contribution is -0.217. The zero-order valence-corrected chi connectivity index (χ0v) is 10.8. The molecule has 0 aromatic rings. The minimum absolute atomic E-state index is 0.00754. The predicted octanol–water partition coefficient (Wildman–Crippen LogP) is -1.12. The Balaban J connectivity index is 1.70. The fourth-order valence-corrected chi connectivity index (χ4v) is 2.44. The number of likely N-dealkylation sites (tertiary alicyclic amines) is 2. The van der Waals surface area contributed by atoms with E-state index < -0.39 is 12.6 Å². The number of nitrogens with zero attached hydrogens (tertiary/aromatic N) is 2. The van der Waals surface area contributed by atoms with Gasteiger partial charge in [0, 0.05) is 25.9 Å². The molecule has 2 aliphatic rings. The monoisotopic (exact) mass is 272 g/mol. The van der Waals surface area contributed by atoms with Gasteiger partial charge in [0.15, 0.2) is 12.6 Å². The van der Waals surface area contributed by atoms with Gasteiger partial charge < -0.3 is 24.7 Å². The van der Waals surface area contributed by atoms with Gasteiger partial charge in [-0.25, -0.2) is 0 Å². The highest BCUT2D eigenvalue weighted by Crippen LogP contribution is 2.13. The van der Waals surface area contributed by atoms with Gasteiger partial charge in [-0.2, -0.15) is 0 Å². The molecule has 0 spiro atoms. The molecule has 108 valence electrons. The molecule has 2 unspecified atom stereocenters. The van der Waals surface area contributed by atoms with Crippen LogP contribution >= 0.6 is 0 Å². The number of amides is 2. The van der Waals surface area contributed by atoms with Crippen LogP contribution in [0.5, 0.6) is 0 Å². The Morgan fingerprint density at radius 2 is 1.37 bits per heavy atom. The normalized spacial score (nSPS) is 23.3. The van der Waals surface area contributed by atoms with E-state index in [1.807, 2.05) is 0 Å². The number of aliphatic hydroxyl groups is 2. The molecule has 2 atom stereocenters. The third kappa shape index (κ3) is 3.89. The van der Waals surface area contributed by atoms with Crippen LogP contribution < -0.4 is 0 Å². The molecule has 0 saturated carbocycles. The summed E-state index contributed by atoms with van der Waals surface area (Å²) in [4.78, 5) is 25.7. The Hall–Kier alpha value is -1.18. The van der Waals surface area contributed by atoms with E-state index in [4.69, 9.17) is 4.74 Å². The van der Waals surface area contributed by atoms with E-state index in [2.05, 4.69) is 0 Å². The number of ether oxygens (including phenoxy) is 1. The lowest BCUT2D eigenvalue weighted by Gasteiger charge is -2.25. The molecule has 0 aromatic heterocycles. The summed E-state index contributed by atoms with van der Waals surface area (Å²) in [6.45, 7) is 1.34. The first-order valence-electron chi connectivity index (χ1n) is 6.63. The van der Waals surface area contributed by atoms with Gasteiger partial charge in [0.25, 0.3) is 0 Å². The zero-order valence-electron chi connectivity index (χ0n) is 10.8. The minimum Gasteiger partial charge on any atom is -0.366 e. The second-order valence-corrected chi connectivity index (χ2v) is 4.93. The average molecular weight is 272 g/mol. The van der Waals surface area contributed by atoms with Gasteiger partial charge in [-0.05, 0) is 12.8 Å². The molecule has 2 saturated heterocycles. The van der Waals surface area contributed by atoms with E-state index in [0.29, 0.717) is 25.9 Å². The van der Waals surface area contributed by atoms with Crippen LogP contribution in [0.3, 0.4) is 0 Å². The number of hydrogen-bond acceptors (Lipinski definition) is 5. The Morgan fingerprint density at radius 3 is 1.68 bits per heavy atom. The maximum atomic E-state index is 11.4. The molecule has 7 nitrogen and oxygen atoms in total. The number of carbonyl (C=O) groups is 2. The van der Waals surface area contributed by atoms with Crippen molar-refractivity contribution in [2.75, 3.05) is 26.2 Å². The summed E-state index contributed by atoms with van der Waals surface area (Å²) in [5, 5.41) is 19.3. The van der Waals surface area contributed by atoms with Crippen molar-refractivity contribution in [2.45, 2.75) is 38.3 Å². The molecular weight excluding hydrogens is 252 g/mol. The van der Waals surface area contributed by atoms with E-state index in [1.165, 1.54) is 9.80 Å². The second-order valence-electron chi connectivity index (χ2n) is 4.93. The van der Waals surface area contributed by atoms with Crippen LogP contribution in [0.15, 0.2) is 0 Å². The van der Waals surface area contributed by atoms with E-state index >= 15 is 0 Å². The van der Waals surface area contributed by atoms with Crippen LogP contribution in [0, 0.1) is 0 Å². The van der Waals surface area contributed by atoms with Crippen molar-refractivity contribution in [1.82, 2.24) is 9.80 Å². The van der Waals surface area contributed by atoms with Gasteiger partial charge in [-0.1, -0.05) is 0 Å². The first-order chi connectivity index (χ1) is 9.06. The van der Waals surface area contributed by atoms with Crippen molar-refractivity contribution in [3.8, 4) is 0 Å². The smallest absolute Gasteiger partial charge is 0.222 e. The van der Waals surface area contributed by atoms with Crippen LogP contribution in [0.25, 0.3) is 0 Å². The molecule has 7 heteroatoms. The summed E-state index contributed by atoms with van der Waals surface area (Å²) >= 11 is 0. The lowest BCUT2D eigenvalue weighted by Crippen LogP contribution is -2.40. The topological polar surface area (TPSA) is 90.3 Å². The molecule has 19 heavy (non-hydrogen) atoms. The standard InChI is InChI=1S/C12H20N2O5/c15-9-3-1-5-13(9)7-11(17)19-12(18)8-14-6-2-4-10(14)16/h11-12,17-18H,1-8H2. The van der Waals surface area contributed by atoms with E-state index in [1.54, 1.807) is 0 Å². The Bertz CT molecular complexity index is 317. The fraction of sp³-hybridized carbons (Fsp3) is 0.833. The van der Waals surface area contributed by atoms with Gasteiger partial charge >= 0.3 is 0 Å². The van der Waals surface area contributed by atoms with E-state index in [-0.39, 0.29) is 24.9 Å². The Kier molecular flexibility index (Phi) is 4.73. The summed E-state index contributed by atoms with van der Waals surface area (Å²) < 4.78 is 4.99. The molecule has 0 aliphatic carbocycles. The van der Waals surface area contributed by atoms with Crippen LogP contribution in [-0.4, -0.2) is 70.6 Å². The lowest BCUT2D eigenvalue weighted by atomic mass is 10.4. The molecule has 2 rings (SSSR count). The van der Waals surface area contributed by atoms with Crippen molar-refractivity contribution < 1.29 is 24.5 Å². The van der Waals surface area contributed by atoms with Crippen LogP contribution in [0.1, 0.15) is 25.7 Å². The molecule has 0 bridgehead atoms. The Labute approximate surface area is 111 Å². The summed E-state index contributed by atoms with van der Waals surface area (Å²) in [7, 11) is 0. The van der Waals surface area contributed by atoms with Crippen LogP contribution in [0.2, 0.25) is 0 Å². The van der Waals surface area contributed by atoms with Gasteiger partial charge in [0.2, 0.25) is 11.8 Å². The van der Waals surface area contributed by atoms with Crippen molar-refractivity contribution >= 4 is 11.8 Å². The fourth-order valence-electron chi connectivity index (χ4n) is 2.44. The second kappa shape index (κ2) is 6.31. The molecule has 2 amide bonds. The predicted molar refractivity (Wildman–Crippen MR) is 64.7 cm³/mol. The molecule has 2 fully saturated rings. The molecule has 2 aliphatic heterocycles. The molecule has 2 N–H and O–H groups in total. The third-order valence-electron chi connectivity index (χ3n) is 3.41. The number of aliphatic hydroxyl groups excluding tert-OH is 2. The highest BCUT2D eigenvalue weighted by atomic mass is 16.7. The quantitative estimate of drug-likeness (QED) is 0.598. The highest BCUT2D eigenvalue weighted by Gasteiger charge is 2.26. The molecule has 2 heterocycles. The number of carbonyl (C=O) groups excluding carboxylic acids is 2. The van der Waals surface area contributed by atoms with Crippen LogP contribution in [0.4, 0.5) is 0 Å². The largest absolute Gasteiger partial charge is 0.366 e. The summed E-state index contributed by atoms with van der Waals surface area (Å²) in [6.07, 6.45) is 0.117. The summed E-state index contributed by atoms with van der Waals surface area (Å²) in [5.74, 6) is -0.0151. The molecule has 0 radical (unpaired) electrons. The van der Waals surface area contributed by atoms with Crippen molar-refractivity contribution in [2.24, 2.45) is 0 Å².